The van der Waals surface area contributed by atoms with Crippen molar-refractivity contribution in [1.82, 2.24) is 9.97 Å². The van der Waals surface area contributed by atoms with Gasteiger partial charge in [0.15, 0.2) is 0 Å². The van der Waals surface area contributed by atoms with Crippen molar-refractivity contribution in [3.63, 3.8) is 0 Å². The first-order valence-electron chi connectivity index (χ1n) is 9.00. The lowest BCUT2D eigenvalue weighted by atomic mass is 9.88. The maximum Gasteiger partial charge on any atom is 0.341 e. The molecule has 0 aromatic carbocycles. The van der Waals surface area contributed by atoms with Crippen molar-refractivity contribution in [3.05, 3.63) is 34.1 Å². The van der Waals surface area contributed by atoms with E-state index in [1.165, 1.54) is 34.3 Å². The van der Waals surface area contributed by atoms with Gasteiger partial charge in [0.05, 0.1) is 17.9 Å². The Hall–Kier alpha value is -1.93. The number of carbonyl (C=O) groups is 2. The Morgan fingerprint density at radius 2 is 2.22 bits per heavy atom. The van der Waals surface area contributed by atoms with Crippen LogP contribution in [0.4, 0.5) is 5.00 Å². The monoisotopic (exact) mass is 405 g/mol. The molecule has 2 aromatic rings. The molecule has 0 bridgehead atoms. The first kappa shape index (κ1) is 19.8. The molecule has 1 amide bonds. The molecule has 0 spiro atoms. The predicted octanol–water partition coefficient (Wildman–Crippen LogP) is 3.88. The molecule has 3 rings (SSSR count). The van der Waals surface area contributed by atoms with Gasteiger partial charge in [0.1, 0.15) is 16.4 Å². The molecular formula is C19H23N3O3S2. The van der Waals surface area contributed by atoms with E-state index in [0.29, 0.717) is 23.1 Å². The molecule has 6 nitrogen and oxygen atoms in total. The number of anilines is 1. The minimum atomic E-state index is -0.348. The molecule has 0 saturated heterocycles. The Bertz CT molecular complexity index is 851. The fraction of sp³-hybridized carbons (Fsp3) is 0.474. The molecule has 144 valence electrons. The number of hydrogen-bond acceptors (Lipinski definition) is 7. The standard InChI is InChI=1S/C19H23N3O3S2/c1-4-25-19(24)17-13-6-5-11(2)7-14(13)27-18(17)22-15(23)9-26-16-8-12(3)20-10-21-16/h8,10-11H,4-7,9H2,1-3H3,(H,22,23)/t11-/m0/s1. The van der Waals surface area contributed by atoms with E-state index in [1.54, 1.807) is 6.92 Å². The number of thiophene rings is 1. The highest BCUT2D eigenvalue weighted by Crippen LogP contribution is 2.40. The first-order chi connectivity index (χ1) is 13.0. The van der Waals surface area contributed by atoms with E-state index >= 15 is 0 Å². The van der Waals surface area contributed by atoms with Crippen LogP contribution in [-0.2, 0) is 22.4 Å². The molecule has 1 N–H and O–H groups in total. The number of nitrogens with zero attached hydrogens (tertiary/aromatic N) is 2. The summed E-state index contributed by atoms with van der Waals surface area (Å²) in [5, 5.41) is 4.28. The average molecular weight is 406 g/mol. The highest BCUT2D eigenvalue weighted by molar-refractivity contribution is 7.99. The van der Waals surface area contributed by atoms with Crippen LogP contribution in [0.15, 0.2) is 17.4 Å². The summed E-state index contributed by atoms with van der Waals surface area (Å²) in [5.74, 6) is 0.302. The maximum absolute atomic E-state index is 12.5. The number of aryl methyl sites for hydroxylation is 1. The summed E-state index contributed by atoms with van der Waals surface area (Å²) in [6, 6.07) is 1.84. The number of rotatable bonds is 6. The van der Waals surface area contributed by atoms with Crippen molar-refractivity contribution in [3.8, 4) is 0 Å². The van der Waals surface area contributed by atoms with Gasteiger partial charge < -0.3 is 10.1 Å². The molecule has 27 heavy (non-hydrogen) atoms. The SMILES string of the molecule is CCOC(=O)c1c(NC(=O)CSc2cc(C)ncn2)sc2c1CC[C@H](C)C2. The Labute approximate surface area is 167 Å². The van der Waals surface area contributed by atoms with Gasteiger partial charge in [-0.3, -0.25) is 4.79 Å². The zero-order chi connectivity index (χ0) is 19.4. The normalized spacial score (nSPS) is 15.9. The Morgan fingerprint density at radius 3 is 2.96 bits per heavy atom. The molecule has 2 heterocycles. The number of esters is 1. The summed E-state index contributed by atoms with van der Waals surface area (Å²) >= 11 is 2.85. The second kappa shape index (κ2) is 8.84. The molecule has 1 atom stereocenters. The quantitative estimate of drug-likeness (QED) is 0.446. The highest BCUT2D eigenvalue weighted by atomic mass is 32.2. The van der Waals surface area contributed by atoms with Gasteiger partial charge >= 0.3 is 5.97 Å². The molecular weight excluding hydrogens is 382 g/mol. The van der Waals surface area contributed by atoms with Crippen molar-refractivity contribution in [2.24, 2.45) is 5.92 Å². The number of amides is 1. The molecule has 0 radical (unpaired) electrons. The summed E-state index contributed by atoms with van der Waals surface area (Å²) in [4.78, 5) is 34.3. The van der Waals surface area contributed by atoms with Gasteiger partial charge in [0, 0.05) is 10.6 Å². The third kappa shape index (κ3) is 4.87. The van der Waals surface area contributed by atoms with Crippen LogP contribution in [0.1, 0.15) is 46.8 Å². The Balaban J connectivity index is 1.75. The minimum absolute atomic E-state index is 0.159. The molecule has 2 aromatic heterocycles. The summed E-state index contributed by atoms with van der Waals surface area (Å²) in [7, 11) is 0. The maximum atomic E-state index is 12.5. The van der Waals surface area contributed by atoms with Crippen LogP contribution in [-0.4, -0.2) is 34.2 Å². The largest absolute Gasteiger partial charge is 0.462 e. The number of nitrogens with one attached hydrogen (secondary N) is 1. The topological polar surface area (TPSA) is 81.2 Å². The molecule has 0 unspecified atom stereocenters. The van der Waals surface area contributed by atoms with Crippen LogP contribution in [0.5, 0.6) is 0 Å². The zero-order valence-corrected chi connectivity index (χ0v) is 17.3. The number of thioether (sulfide) groups is 1. The molecule has 0 saturated carbocycles. The fourth-order valence-electron chi connectivity index (χ4n) is 3.07. The number of hydrogen-bond donors (Lipinski definition) is 1. The van der Waals surface area contributed by atoms with Crippen molar-refractivity contribution >= 4 is 40.0 Å². The lowest BCUT2D eigenvalue weighted by Gasteiger charge is -2.18. The molecule has 0 fully saturated rings. The van der Waals surface area contributed by atoms with Crippen LogP contribution in [0.25, 0.3) is 0 Å². The number of fused-ring (bicyclic) bond motifs is 1. The van der Waals surface area contributed by atoms with E-state index < -0.39 is 0 Å². The predicted molar refractivity (Wildman–Crippen MR) is 108 cm³/mol. The summed E-state index contributed by atoms with van der Waals surface area (Å²) in [5.41, 5.74) is 2.45. The Morgan fingerprint density at radius 1 is 1.41 bits per heavy atom. The fourth-order valence-corrected chi connectivity index (χ4v) is 5.21. The third-order valence-electron chi connectivity index (χ3n) is 4.37. The molecule has 1 aliphatic carbocycles. The van der Waals surface area contributed by atoms with E-state index in [9.17, 15) is 9.59 Å². The van der Waals surface area contributed by atoms with Gasteiger partial charge in [-0.15, -0.1) is 11.3 Å². The lowest BCUT2D eigenvalue weighted by molar-refractivity contribution is -0.113. The average Bonchev–Trinajstić information content (AvgIpc) is 2.97. The van der Waals surface area contributed by atoms with Gasteiger partial charge in [-0.2, -0.15) is 0 Å². The molecule has 0 aliphatic heterocycles. The lowest BCUT2D eigenvalue weighted by Crippen LogP contribution is -2.17. The van der Waals surface area contributed by atoms with Crippen LogP contribution in [0.2, 0.25) is 0 Å². The van der Waals surface area contributed by atoms with E-state index in [-0.39, 0.29) is 17.6 Å². The van der Waals surface area contributed by atoms with Gasteiger partial charge in [0.25, 0.3) is 0 Å². The molecule has 8 heteroatoms. The van der Waals surface area contributed by atoms with Crippen molar-refractivity contribution < 1.29 is 14.3 Å². The van der Waals surface area contributed by atoms with Crippen LogP contribution in [0.3, 0.4) is 0 Å². The van der Waals surface area contributed by atoms with Crippen LogP contribution < -0.4 is 5.32 Å². The molecule has 1 aliphatic rings. The van der Waals surface area contributed by atoms with Gasteiger partial charge in [-0.05, 0) is 50.7 Å². The summed E-state index contributed by atoms with van der Waals surface area (Å²) in [6.45, 7) is 6.20. The second-order valence-electron chi connectivity index (χ2n) is 6.61. The van der Waals surface area contributed by atoms with E-state index in [4.69, 9.17) is 4.74 Å². The van der Waals surface area contributed by atoms with E-state index in [2.05, 4.69) is 22.2 Å². The van der Waals surface area contributed by atoms with Gasteiger partial charge in [-0.25, -0.2) is 14.8 Å². The Kier molecular flexibility index (Phi) is 6.49. The minimum Gasteiger partial charge on any atom is -0.462 e. The van der Waals surface area contributed by atoms with Crippen LogP contribution in [0, 0.1) is 12.8 Å². The van der Waals surface area contributed by atoms with Crippen molar-refractivity contribution in [2.45, 2.75) is 45.1 Å². The van der Waals surface area contributed by atoms with Gasteiger partial charge in [0.2, 0.25) is 5.91 Å². The number of ether oxygens (including phenoxy) is 1. The van der Waals surface area contributed by atoms with Crippen molar-refractivity contribution in [1.29, 1.82) is 0 Å². The van der Waals surface area contributed by atoms with E-state index in [0.717, 1.165) is 35.5 Å². The van der Waals surface area contributed by atoms with Crippen LogP contribution >= 0.6 is 23.1 Å². The third-order valence-corrected chi connectivity index (χ3v) is 6.47. The van der Waals surface area contributed by atoms with E-state index in [1.807, 2.05) is 13.0 Å². The number of carbonyl (C=O) groups excluding carboxylic acids is 2. The van der Waals surface area contributed by atoms with Crippen molar-refractivity contribution in [2.75, 3.05) is 17.7 Å². The summed E-state index contributed by atoms with van der Waals surface area (Å²) in [6.07, 6.45) is 4.33. The smallest absolute Gasteiger partial charge is 0.341 e. The zero-order valence-electron chi connectivity index (χ0n) is 15.7. The first-order valence-corrected chi connectivity index (χ1v) is 10.8. The highest BCUT2D eigenvalue weighted by Gasteiger charge is 2.29. The number of aromatic nitrogens is 2. The van der Waals surface area contributed by atoms with Gasteiger partial charge in [-0.1, -0.05) is 18.7 Å². The second-order valence-corrected chi connectivity index (χ2v) is 8.71. The summed E-state index contributed by atoms with van der Waals surface area (Å²) < 4.78 is 5.24.